The third kappa shape index (κ3) is 4.81. The number of aryl methyl sites for hydroxylation is 1. The van der Waals surface area contributed by atoms with Gasteiger partial charge in [-0.3, -0.25) is 4.79 Å². The molecular formula is C20H26F2N3O3+. The molecule has 3 rings (SSSR count). The molecule has 0 saturated carbocycles. The second-order valence-corrected chi connectivity index (χ2v) is 6.96. The standard InChI is InChI=1S/C20H25F2N3O3/c1-24-9-3-5-15(24)16-6-4-10-25(16)13-19(26)23-12-14-7-8-17(28-20(21)22)18(11-14)27-2/h3,5,7-9,11,16,20H,4,6,10,12-13H2,1-2H3,(H,23,26)/p+1/t16-/m0/s1. The summed E-state index contributed by atoms with van der Waals surface area (Å²) in [7, 11) is 3.41. The predicted octanol–water partition coefficient (Wildman–Crippen LogP) is 1.67. The Morgan fingerprint density at radius 3 is 2.86 bits per heavy atom. The summed E-state index contributed by atoms with van der Waals surface area (Å²) in [4.78, 5) is 13.7. The van der Waals surface area contributed by atoms with Gasteiger partial charge >= 0.3 is 6.61 Å². The summed E-state index contributed by atoms with van der Waals surface area (Å²) in [5.74, 6) is 0.142. The maximum absolute atomic E-state index is 12.4. The average molecular weight is 394 g/mol. The van der Waals surface area contributed by atoms with Crippen LogP contribution in [-0.4, -0.2) is 37.3 Å². The lowest BCUT2D eigenvalue weighted by Crippen LogP contribution is -3.11. The molecule has 1 aliphatic heterocycles. The van der Waals surface area contributed by atoms with Gasteiger partial charge in [0.15, 0.2) is 18.0 Å². The number of ether oxygens (including phenoxy) is 2. The van der Waals surface area contributed by atoms with Crippen molar-refractivity contribution in [3.63, 3.8) is 0 Å². The zero-order chi connectivity index (χ0) is 20.1. The van der Waals surface area contributed by atoms with Gasteiger partial charge in [0.2, 0.25) is 0 Å². The van der Waals surface area contributed by atoms with Crippen LogP contribution in [-0.2, 0) is 18.4 Å². The Morgan fingerprint density at radius 1 is 1.36 bits per heavy atom. The molecular weight excluding hydrogens is 368 g/mol. The van der Waals surface area contributed by atoms with Crippen molar-refractivity contribution >= 4 is 5.91 Å². The minimum absolute atomic E-state index is 0.0282. The van der Waals surface area contributed by atoms with Gasteiger partial charge in [-0.2, -0.15) is 8.78 Å². The average Bonchev–Trinajstić information content (AvgIpc) is 3.28. The fourth-order valence-corrected chi connectivity index (χ4v) is 3.80. The smallest absolute Gasteiger partial charge is 0.387 e. The SMILES string of the molecule is COc1cc(CNC(=O)C[NH+]2CCC[C@H]2c2cccn2C)ccc1OC(F)F. The van der Waals surface area contributed by atoms with Gasteiger partial charge in [-0.15, -0.1) is 0 Å². The maximum Gasteiger partial charge on any atom is 0.387 e. The fraction of sp³-hybridized carbons (Fsp3) is 0.450. The van der Waals surface area contributed by atoms with Gasteiger partial charge in [0.1, 0.15) is 6.04 Å². The molecule has 0 aliphatic carbocycles. The number of benzene rings is 1. The molecule has 1 amide bonds. The number of hydrogen-bond acceptors (Lipinski definition) is 3. The monoisotopic (exact) mass is 394 g/mol. The van der Waals surface area contributed by atoms with Crippen molar-refractivity contribution in [3.05, 3.63) is 47.8 Å². The zero-order valence-corrected chi connectivity index (χ0v) is 16.1. The number of amides is 1. The third-order valence-electron chi connectivity index (χ3n) is 5.15. The molecule has 1 aromatic carbocycles. The Bertz CT molecular complexity index is 810. The van der Waals surface area contributed by atoms with E-state index in [4.69, 9.17) is 4.74 Å². The van der Waals surface area contributed by atoms with Gasteiger partial charge in [-0.1, -0.05) is 6.07 Å². The van der Waals surface area contributed by atoms with Gasteiger partial charge in [0.05, 0.1) is 19.3 Å². The molecule has 1 unspecified atom stereocenters. The molecule has 2 heterocycles. The highest BCUT2D eigenvalue weighted by molar-refractivity contribution is 5.76. The molecule has 1 aromatic heterocycles. The zero-order valence-electron chi connectivity index (χ0n) is 16.1. The number of nitrogens with zero attached hydrogens (tertiary/aromatic N) is 1. The van der Waals surface area contributed by atoms with Crippen molar-refractivity contribution in [1.82, 2.24) is 9.88 Å². The second kappa shape index (κ2) is 9.05. The van der Waals surface area contributed by atoms with E-state index in [1.807, 2.05) is 19.3 Å². The molecule has 1 saturated heterocycles. The van der Waals surface area contributed by atoms with E-state index in [1.54, 1.807) is 12.1 Å². The Balaban J connectivity index is 1.56. The molecule has 152 valence electrons. The van der Waals surface area contributed by atoms with Crippen LogP contribution >= 0.6 is 0 Å². The topological polar surface area (TPSA) is 56.9 Å². The number of aromatic nitrogens is 1. The Kier molecular flexibility index (Phi) is 6.51. The summed E-state index contributed by atoms with van der Waals surface area (Å²) in [6.45, 7) is -1.25. The number of hydrogen-bond donors (Lipinski definition) is 2. The number of alkyl halides is 2. The molecule has 28 heavy (non-hydrogen) atoms. The summed E-state index contributed by atoms with van der Waals surface area (Å²) >= 11 is 0. The van der Waals surface area contributed by atoms with E-state index in [2.05, 4.69) is 20.7 Å². The largest absolute Gasteiger partial charge is 0.493 e. The van der Waals surface area contributed by atoms with E-state index in [0.29, 0.717) is 19.1 Å². The molecule has 2 aromatic rings. The number of likely N-dealkylation sites (tertiary alicyclic amines) is 1. The number of rotatable bonds is 8. The number of nitrogens with one attached hydrogen (secondary N) is 2. The summed E-state index contributed by atoms with van der Waals surface area (Å²) < 4.78 is 36.4. The first-order valence-corrected chi connectivity index (χ1v) is 9.32. The predicted molar refractivity (Wildman–Crippen MR) is 99.6 cm³/mol. The lowest BCUT2D eigenvalue weighted by molar-refractivity contribution is -0.911. The van der Waals surface area contributed by atoms with Gasteiger partial charge in [-0.05, 0) is 29.8 Å². The van der Waals surface area contributed by atoms with Crippen molar-refractivity contribution < 1.29 is 27.9 Å². The normalized spacial score (nSPS) is 19.0. The van der Waals surface area contributed by atoms with E-state index in [1.165, 1.54) is 23.8 Å². The molecule has 1 aliphatic rings. The lowest BCUT2D eigenvalue weighted by Gasteiger charge is -2.21. The van der Waals surface area contributed by atoms with Crippen LogP contribution in [0.2, 0.25) is 0 Å². The Morgan fingerprint density at radius 2 is 2.18 bits per heavy atom. The quantitative estimate of drug-likeness (QED) is 0.716. The van der Waals surface area contributed by atoms with E-state index in [0.717, 1.165) is 24.9 Å². The minimum atomic E-state index is -2.92. The van der Waals surface area contributed by atoms with Gasteiger partial charge in [0.25, 0.3) is 5.91 Å². The second-order valence-electron chi connectivity index (χ2n) is 6.96. The first-order valence-electron chi connectivity index (χ1n) is 9.32. The van der Waals surface area contributed by atoms with E-state index in [-0.39, 0.29) is 17.4 Å². The van der Waals surface area contributed by atoms with Gasteiger partial charge in [0, 0.05) is 32.6 Å². The van der Waals surface area contributed by atoms with Crippen LogP contribution in [0.25, 0.3) is 0 Å². The number of carbonyl (C=O) groups excluding carboxylic acids is 1. The fourth-order valence-electron chi connectivity index (χ4n) is 3.80. The molecule has 1 fully saturated rings. The van der Waals surface area contributed by atoms with E-state index in [9.17, 15) is 13.6 Å². The molecule has 0 bridgehead atoms. The molecule has 2 N–H and O–H groups in total. The molecule has 6 nitrogen and oxygen atoms in total. The van der Waals surface area contributed by atoms with Crippen LogP contribution in [0.15, 0.2) is 36.5 Å². The number of quaternary nitrogens is 1. The van der Waals surface area contributed by atoms with Crippen LogP contribution in [0.5, 0.6) is 11.5 Å². The summed E-state index contributed by atoms with van der Waals surface area (Å²) in [5.41, 5.74) is 2.00. The summed E-state index contributed by atoms with van der Waals surface area (Å²) in [6.07, 6.45) is 4.20. The number of methoxy groups -OCH3 is 1. The molecule has 0 spiro atoms. The first kappa shape index (κ1) is 20.1. The first-order chi connectivity index (χ1) is 13.5. The Labute approximate surface area is 163 Å². The van der Waals surface area contributed by atoms with Crippen LogP contribution in [0.3, 0.4) is 0 Å². The van der Waals surface area contributed by atoms with Crippen molar-refractivity contribution in [2.45, 2.75) is 32.0 Å². The Hall–Kier alpha value is -2.61. The molecule has 2 atom stereocenters. The highest BCUT2D eigenvalue weighted by atomic mass is 19.3. The van der Waals surface area contributed by atoms with E-state index >= 15 is 0 Å². The number of carbonyl (C=O) groups is 1. The van der Waals surface area contributed by atoms with Crippen LogP contribution in [0.1, 0.15) is 30.1 Å². The van der Waals surface area contributed by atoms with E-state index < -0.39 is 6.61 Å². The van der Waals surface area contributed by atoms with Gasteiger partial charge < -0.3 is 24.3 Å². The molecule has 0 radical (unpaired) electrons. The van der Waals surface area contributed by atoms with Crippen LogP contribution < -0.4 is 19.7 Å². The van der Waals surface area contributed by atoms with Crippen molar-refractivity contribution in [3.8, 4) is 11.5 Å². The highest BCUT2D eigenvalue weighted by Crippen LogP contribution is 2.29. The number of halogens is 2. The lowest BCUT2D eigenvalue weighted by atomic mass is 10.1. The van der Waals surface area contributed by atoms with Crippen molar-refractivity contribution in [2.24, 2.45) is 7.05 Å². The van der Waals surface area contributed by atoms with Crippen LogP contribution in [0.4, 0.5) is 8.78 Å². The van der Waals surface area contributed by atoms with Crippen molar-refractivity contribution in [2.75, 3.05) is 20.2 Å². The van der Waals surface area contributed by atoms with Gasteiger partial charge in [-0.25, -0.2) is 0 Å². The molecule has 8 heteroatoms. The summed E-state index contributed by atoms with van der Waals surface area (Å²) in [6, 6.07) is 9.12. The van der Waals surface area contributed by atoms with Crippen LogP contribution in [0, 0.1) is 0 Å². The highest BCUT2D eigenvalue weighted by Gasteiger charge is 2.32. The maximum atomic E-state index is 12.4. The summed E-state index contributed by atoms with van der Waals surface area (Å²) in [5, 5.41) is 2.91. The van der Waals surface area contributed by atoms with Crippen molar-refractivity contribution in [1.29, 1.82) is 0 Å². The third-order valence-corrected chi connectivity index (χ3v) is 5.15. The minimum Gasteiger partial charge on any atom is -0.493 e.